The summed E-state index contributed by atoms with van der Waals surface area (Å²) in [4.78, 5) is 0. The fourth-order valence-electron chi connectivity index (χ4n) is 4.81. The number of hydrogen-bond acceptors (Lipinski definition) is 1. The van der Waals surface area contributed by atoms with E-state index in [1.807, 2.05) is 0 Å². The predicted octanol–water partition coefficient (Wildman–Crippen LogP) is 7.05. The number of fused-ring (bicyclic) bond motifs is 4. The molecule has 0 atom stereocenters. The molecule has 3 aromatic rings. The molecule has 144 valence electrons. The zero-order valence-electron chi connectivity index (χ0n) is 18.0. The second-order valence-electron chi connectivity index (χ2n) is 9.99. The molecule has 0 saturated heterocycles. The third-order valence-corrected chi connectivity index (χ3v) is 5.92. The van der Waals surface area contributed by atoms with Gasteiger partial charge in [-0.25, -0.2) is 0 Å². The molecule has 4 rings (SSSR count). The highest BCUT2D eigenvalue weighted by atomic mass is 14.5. The van der Waals surface area contributed by atoms with E-state index in [2.05, 4.69) is 96.1 Å². The first-order valence-corrected chi connectivity index (χ1v) is 10.2. The Kier molecular flexibility index (Phi) is 4.28. The summed E-state index contributed by atoms with van der Waals surface area (Å²) < 4.78 is 0. The number of rotatable bonds is 2. The first-order valence-electron chi connectivity index (χ1n) is 10.2. The van der Waals surface area contributed by atoms with Crippen molar-refractivity contribution in [3.8, 4) is 33.4 Å². The second-order valence-corrected chi connectivity index (χ2v) is 9.99. The number of nitrogens with two attached hydrogens (primary N) is 1. The van der Waals surface area contributed by atoms with Gasteiger partial charge in [0.25, 0.3) is 0 Å². The lowest BCUT2D eigenvalue weighted by Gasteiger charge is -2.34. The molecule has 0 radical (unpaired) electrons. The van der Waals surface area contributed by atoms with Crippen LogP contribution in [0.1, 0.15) is 58.2 Å². The monoisotopic (exact) mass is 369 g/mol. The van der Waals surface area contributed by atoms with E-state index in [1.165, 1.54) is 50.1 Å². The summed E-state index contributed by atoms with van der Waals surface area (Å²) in [7, 11) is 0. The van der Waals surface area contributed by atoms with Gasteiger partial charge >= 0.3 is 0 Å². The molecular weight excluding hydrogens is 338 g/mol. The first kappa shape index (κ1) is 19.0. The molecule has 0 heterocycles. The maximum Gasteiger partial charge on any atom is 0.0184 e. The molecule has 0 aliphatic heterocycles. The van der Waals surface area contributed by atoms with Crippen LogP contribution in [0.5, 0.6) is 0 Å². The van der Waals surface area contributed by atoms with Crippen LogP contribution in [0.2, 0.25) is 0 Å². The molecule has 2 N–H and O–H groups in total. The Morgan fingerprint density at radius 1 is 0.607 bits per heavy atom. The van der Waals surface area contributed by atoms with E-state index in [4.69, 9.17) is 5.73 Å². The third-order valence-electron chi connectivity index (χ3n) is 5.92. The molecule has 0 fully saturated rings. The summed E-state index contributed by atoms with van der Waals surface area (Å²) in [5.41, 5.74) is 18.6. The van der Waals surface area contributed by atoms with Crippen LogP contribution >= 0.6 is 0 Å². The van der Waals surface area contributed by atoms with Crippen molar-refractivity contribution in [2.75, 3.05) is 0 Å². The van der Waals surface area contributed by atoms with Crippen LogP contribution in [0, 0.1) is 0 Å². The zero-order chi connectivity index (χ0) is 20.3. The van der Waals surface area contributed by atoms with Gasteiger partial charge in [0, 0.05) is 6.54 Å². The van der Waals surface area contributed by atoms with Gasteiger partial charge in [-0.2, -0.15) is 0 Å². The van der Waals surface area contributed by atoms with Crippen molar-refractivity contribution in [3.63, 3.8) is 0 Å². The maximum absolute atomic E-state index is 6.35. The van der Waals surface area contributed by atoms with Gasteiger partial charge in [0.05, 0.1) is 0 Å². The summed E-state index contributed by atoms with van der Waals surface area (Å²) in [6.45, 7) is 14.3. The van der Waals surface area contributed by atoms with Crippen molar-refractivity contribution in [2.45, 2.75) is 58.9 Å². The molecule has 3 aromatic carbocycles. The summed E-state index contributed by atoms with van der Waals surface area (Å²) in [5.74, 6) is 0. The lowest BCUT2D eigenvalue weighted by atomic mass is 9.70. The van der Waals surface area contributed by atoms with E-state index in [-0.39, 0.29) is 10.8 Å². The molecular formula is C27H31N. The minimum atomic E-state index is 0.0112. The Morgan fingerprint density at radius 3 is 1.75 bits per heavy atom. The molecule has 0 bridgehead atoms. The average molecular weight is 370 g/mol. The quantitative estimate of drug-likeness (QED) is 0.402. The van der Waals surface area contributed by atoms with Crippen LogP contribution in [0.4, 0.5) is 0 Å². The van der Waals surface area contributed by atoms with Gasteiger partial charge in [-0.1, -0.05) is 96.1 Å². The molecule has 1 nitrogen and oxygen atoms in total. The van der Waals surface area contributed by atoms with E-state index < -0.39 is 0 Å². The molecule has 1 aliphatic rings. The molecule has 0 amide bonds. The van der Waals surface area contributed by atoms with Gasteiger partial charge in [0.1, 0.15) is 0 Å². The lowest BCUT2D eigenvalue weighted by Crippen LogP contribution is -2.24. The summed E-state index contributed by atoms with van der Waals surface area (Å²) in [6, 6.07) is 20.1. The molecule has 0 spiro atoms. The predicted molar refractivity (Wildman–Crippen MR) is 122 cm³/mol. The van der Waals surface area contributed by atoms with Gasteiger partial charge in [-0.3, -0.25) is 0 Å². The largest absolute Gasteiger partial charge is 0.326 e. The number of hydrogen-bond donors (Lipinski definition) is 1. The average Bonchev–Trinajstić information content (AvgIpc) is 2.62. The highest BCUT2D eigenvalue weighted by Crippen LogP contribution is 2.53. The molecule has 1 aliphatic carbocycles. The first-order chi connectivity index (χ1) is 13.1. The number of benzene rings is 3. The Morgan fingerprint density at radius 2 is 1.18 bits per heavy atom. The summed E-state index contributed by atoms with van der Waals surface area (Å²) >= 11 is 0. The highest BCUT2D eigenvalue weighted by molar-refractivity contribution is 6.09. The van der Waals surface area contributed by atoms with E-state index >= 15 is 0 Å². The minimum Gasteiger partial charge on any atom is -0.326 e. The van der Waals surface area contributed by atoms with Crippen LogP contribution < -0.4 is 5.73 Å². The molecule has 0 unspecified atom stereocenters. The van der Waals surface area contributed by atoms with E-state index in [0.29, 0.717) is 6.54 Å². The fourth-order valence-corrected chi connectivity index (χ4v) is 4.81. The Bertz CT molecular complexity index is 1060. The Hall–Kier alpha value is -2.38. The van der Waals surface area contributed by atoms with Crippen molar-refractivity contribution in [1.82, 2.24) is 0 Å². The minimum absolute atomic E-state index is 0.0112. The summed E-state index contributed by atoms with van der Waals surface area (Å²) in [5, 5.41) is 0. The van der Waals surface area contributed by atoms with Crippen LogP contribution in [0.3, 0.4) is 0 Å². The Balaban J connectivity index is 2.03. The van der Waals surface area contributed by atoms with Crippen LogP contribution in [0.25, 0.3) is 33.4 Å². The van der Waals surface area contributed by atoms with Crippen molar-refractivity contribution >= 4 is 0 Å². The van der Waals surface area contributed by atoms with Crippen molar-refractivity contribution < 1.29 is 0 Å². The summed E-state index contributed by atoms with van der Waals surface area (Å²) in [6.07, 6.45) is 0. The smallest absolute Gasteiger partial charge is 0.0184 e. The van der Waals surface area contributed by atoms with E-state index in [0.717, 1.165) is 0 Å². The molecule has 1 heteroatoms. The third kappa shape index (κ3) is 2.81. The normalized spacial score (nSPS) is 13.0. The van der Waals surface area contributed by atoms with Gasteiger partial charge < -0.3 is 5.73 Å². The van der Waals surface area contributed by atoms with Gasteiger partial charge in [0.2, 0.25) is 0 Å². The second kappa shape index (κ2) is 6.32. The van der Waals surface area contributed by atoms with Crippen LogP contribution in [-0.2, 0) is 17.4 Å². The Labute approximate surface area is 169 Å². The van der Waals surface area contributed by atoms with Gasteiger partial charge in [-0.05, 0) is 60.9 Å². The van der Waals surface area contributed by atoms with E-state index in [1.54, 1.807) is 0 Å². The molecule has 28 heavy (non-hydrogen) atoms. The molecule has 0 saturated carbocycles. The fraction of sp³-hybridized carbons (Fsp3) is 0.333. The van der Waals surface area contributed by atoms with Crippen LogP contribution in [0.15, 0.2) is 54.6 Å². The molecule has 0 aromatic heterocycles. The highest BCUT2D eigenvalue weighted by Gasteiger charge is 2.31. The van der Waals surface area contributed by atoms with Gasteiger partial charge in [-0.15, -0.1) is 0 Å². The maximum atomic E-state index is 6.35. The van der Waals surface area contributed by atoms with Crippen molar-refractivity contribution in [2.24, 2.45) is 5.73 Å². The SMILES string of the molecule is CC(C)(C)c1ccc(-c2cccc3c2-c2ccccc2-3)c(C(C)(C)C)c1CN. The zero-order valence-corrected chi connectivity index (χ0v) is 18.0. The van der Waals surface area contributed by atoms with Crippen molar-refractivity contribution in [1.29, 1.82) is 0 Å². The topological polar surface area (TPSA) is 26.0 Å². The standard InChI is InChI=1S/C27H31N/c1-26(2,3)23-15-14-21(25(22(23)16-28)27(4,5)6)20-13-9-12-19-17-10-7-8-11-18(17)24(19)20/h7-15H,16,28H2,1-6H3. The van der Waals surface area contributed by atoms with Crippen LogP contribution in [-0.4, -0.2) is 0 Å². The van der Waals surface area contributed by atoms with E-state index in [9.17, 15) is 0 Å². The van der Waals surface area contributed by atoms with Crippen molar-refractivity contribution in [3.05, 3.63) is 71.3 Å². The lowest BCUT2D eigenvalue weighted by molar-refractivity contribution is 0.556. The van der Waals surface area contributed by atoms with Gasteiger partial charge in [0.15, 0.2) is 0 Å².